The first-order chi connectivity index (χ1) is 12.4. The molecule has 8 heteroatoms. The average molecular weight is 374 g/mol. The van der Waals surface area contributed by atoms with E-state index in [2.05, 4.69) is 5.32 Å². The molecule has 7 nitrogen and oxygen atoms in total. The summed E-state index contributed by atoms with van der Waals surface area (Å²) in [6.45, 7) is 0. The summed E-state index contributed by atoms with van der Waals surface area (Å²) >= 11 is 5.27. The van der Waals surface area contributed by atoms with E-state index in [1.165, 1.54) is 19.4 Å². The molecule has 0 spiro atoms. The van der Waals surface area contributed by atoms with Crippen molar-refractivity contribution in [1.82, 2.24) is 10.2 Å². The van der Waals surface area contributed by atoms with Gasteiger partial charge in [0.05, 0.1) is 19.4 Å². The first kappa shape index (κ1) is 18.1. The van der Waals surface area contributed by atoms with Crippen LogP contribution in [0.2, 0.25) is 0 Å². The van der Waals surface area contributed by atoms with Gasteiger partial charge in [0.1, 0.15) is 5.92 Å². The van der Waals surface area contributed by atoms with E-state index in [0.717, 1.165) is 12.0 Å². The third-order valence-electron chi connectivity index (χ3n) is 4.55. The highest BCUT2D eigenvalue weighted by molar-refractivity contribution is 7.80. The van der Waals surface area contributed by atoms with Crippen molar-refractivity contribution in [3.05, 3.63) is 60.1 Å². The van der Waals surface area contributed by atoms with E-state index in [9.17, 15) is 14.7 Å². The van der Waals surface area contributed by atoms with Crippen molar-refractivity contribution in [1.29, 1.82) is 0 Å². The topological polar surface area (TPSA) is 92.0 Å². The van der Waals surface area contributed by atoms with Crippen LogP contribution >= 0.6 is 12.2 Å². The number of ether oxygens (including phenoxy) is 1. The van der Waals surface area contributed by atoms with Gasteiger partial charge in [0.15, 0.2) is 10.9 Å². The molecule has 3 atom stereocenters. The molecule has 1 aliphatic heterocycles. The first-order valence-electron chi connectivity index (χ1n) is 7.89. The number of benzene rings is 1. The molecule has 136 valence electrons. The second-order valence-electron chi connectivity index (χ2n) is 5.93. The molecular formula is C18H18N2O5S. The van der Waals surface area contributed by atoms with Crippen molar-refractivity contribution in [3.63, 3.8) is 0 Å². The number of ketones is 1. The molecule has 0 radical (unpaired) electrons. The molecule has 2 aromatic rings. The fraction of sp³-hybridized carbons (Fsp3) is 0.278. The van der Waals surface area contributed by atoms with E-state index < -0.39 is 29.4 Å². The molecular weight excluding hydrogens is 356 g/mol. The summed E-state index contributed by atoms with van der Waals surface area (Å²) in [4.78, 5) is 26.8. The molecule has 1 aliphatic rings. The Morgan fingerprint density at radius 1 is 1.27 bits per heavy atom. The molecule has 3 rings (SSSR count). The van der Waals surface area contributed by atoms with Gasteiger partial charge in [0, 0.05) is 7.05 Å². The summed E-state index contributed by atoms with van der Waals surface area (Å²) < 4.78 is 10.0. The largest absolute Gasteiger partial charge is 0.465 e. The number of carbonyl (C=O) groups is 2. The quantitative estimate of drug-likeness (QED) is 0.473. The zero-order valence-corrected chi connectivity index (χ0v) is 15.0. The summed E-state index contributed by atoms with van der Waals surface area (Å²) in [7, 11) is 2.57. The Morgan fingerprint density at radius 2 is 1.96 bits per heavy atom. The molecule has 0 bridgehead atoms. The summed E-state index contributed by atoms with van der Waals surface area (Å²) in [5.74, 6) is -2.74. The number of hydrogen-bond donors (Lipinski definition) is 2. The fourth-order valence-corrected chi connectivity index (χ4v) is 3.43. The van der Waals surface area contributed by atoms with Gasteiger partial charge >= 0.3 is 5.97 Å². The van der Waals surface area contributed by atoms with Crippen LogP contribution in [0.25, 0.3) is 0 Å². The number of methoxy groups -OCH3 is 1. The maximum Gasteiger partial charge on any atom is 0.360 e. The molecule has 1 aromatic carbocycles. The summed E-state index contributed by atoms with van der Waals surface area (Å²) in [5, 5.41) is 14.5. The van der Waals surface area contributed by atoms with Crippen molar-refractivity contribution in [2.45, 2.75) is 11.8 Å². The smallest absolute Gasteiger partial charge is 0.360 e. The molecule has 2 N–H and O–H groups in total. The number of Topliss-reactive ketones (excluding diaryl/α,β-unsaturated/α-hetero) is 1. The van der Waals surface area contributed by atoms with Crippen molar-refractivity contribution >= 4 is 29.1 Å². The Bertz CT molecular complexity index is 823. The minimum absolute atomic E-state index is 0.0290. The van der Waals surface area contributed by atoms with Gasteiger partial charge in [-0.1, -0.05) is 30.3 Å². The number of likely N-dealkylation sites (N-methyl/N-ethyl adjacent to an activating group) is 1. The van der Waals surface area contributed by atoms with Crippen LogP contribution in [0.15, 0.2) is 53.1 Å². The summed E-state index contributed by atoms with van der Waals surface area (Å²) in [5.41, 5.74) is -1.60. The average Bonchev–Trinajstić information content (AvgIpc) is 3.20. The Hall–Kier alpha value is -2.71. The molecule has 0 unspecified atom stereocenters. The van der Waals surface area contributed by atoms with Crippen molar-refractivity contribution < 1.29 is 23.8 Å². The number of rotatable bonds is 4. The van der Waals surface area contributed by atoms with Crippen molar-refractivity contribution in [2.24, 2.45) is 5.92 Å². The standard InChI is InChI=1S/C18H18N2O5S/c1-20-17(26)19-14(11-7-4-3-5-8-11)13(18(20,23)16(22)24-2)15(21)12-9-6-10-25-12/h3-10,13-14,23H,1-2H3,(H,19,26)/t13-,14+,18-/m1/s1. The third kappa shape index (κ3) is 2.77. The van der Waals surface area contributed by atoms with Gasteiger partial charge < -0.3 is 24.5 Å². The Kier molecular flexibility index (Phi) is 4.80. The molecule has 0 saturated carbocycles. The lowest BCUT2D eigenvalue weighted by molar-refractivity contribution is -0.188. The zero-order chi connectivity index (χ0) is 18.9. The van der Waals surface area contributed by atoms with Gasteiger partial charge in [-0.2, -0.15) is 0 Å². The molecule has 2 heterocycles. The van der Waals surface area contributed by atoms with Gasteiger partial charge in [-0.25, -0.2) is 4.79 Å². The molecule has 0 amide bonds. The molecule has 1 fully saturated rings. The van der Waals surface area contributed by atoms with E-state index in [1.807, 2.05) is 6.07 Å². The predicted molar refractivity (Wildman–Crippen MR) is 96.2 cm³/mol. The number of carbonyl (C=O) groups excluding carboxylic acids is 2. The van der Waals surface area contributed by atoms with Crippen LogP contribution in [0.4, 0.5) is 0 Å². The highest BCUT2D eigenvalue weighted by Crippen LogP contribution is 2.40. The number of hydrogen-bond acceptors (Lipinski definition) is 6. The van der Waals surface area contributed by atoms with Crippen LogP contribution in [0, 0.1) is 5.92 Å². The van der Waals surface area contributed by atoms with Crippen LogP contribution in [0.3, 0.4) is 0 Å². The van der Waals surface area contributed by atoms with Gasteiger partial charge in [-0.3, -0.25) is 4.79 Å². The monoisotopic (exact) mass is 374 g/mol. The first-order valence-corrected chi connectivity index (χ1v) is 8.29. The normalized spacial score (nSPS) is 25.5. The van der Waals surface area contributed by atoms with E-state index in [0.29, 0.717) is 5.56 Å². The number of esters is 1. The van der Waals surface area contributed by atoms with Crippen molar-refractivity contribution in [3.8, 4) is 0 Å². The Labute approximate surface area is 155 Å². The number of nitrogens with zero attached hydrogens (tertiary/aromatic N) is 1. The van der Waals surface area contributed by atoms with Gasteiger partial charge in [-0.15, -0.1) is 0 Å². The Morgan fingerprint density at radius 3 is 2.54 bits per heavy atom. The summed E-state index contributed by atoms with van der Waals surface area (Å²) in [6.07, 6.45) is 1.35. The maximum atomic E-state index is 13.2. The number of furan rings is 1. The van der Waals surface area contributed by atoms with Crippen LogP contribution in [-0.4, -0.2) is 46.8 Å². The zero-order valence-electron chi connectivity index (χ0n) is 14.2. The second kappa shape index (κ2) is 6.89. The van der Waals surface area contributed by atoms with Crippen LogP contribution in [0.5, 0.6) is 0 Å². The Balaban J connectivity index is 2.18. The highest BCUT2D eigenvalue weighted by Gasteiger charge is 2.60. The SMILES string of the molecule is COC(=O)[C@]1(O)[C@@H](C(=O)c2ccco2)[C@H](c2ccccc2)NC(=S)N1C. The van der Waals surface area contributed by atoms with Crippen LogP contribution in [0.1, 0.15) is 22.2 Å². The van der Waals surface area contributed by atoms with Crippen molar-refractivity contribution in [2.75, 3.05) is 14.2 Å². The van der Waals surface area contributed by atoms with Gasteiger partial charge in [0.25, 0.3) is 5.72 Å². The fourth-order valence-electron chi connectivity index (χ4n) is 3.17. The summed E-state index contributed by atoms with van der Waals surface area (Å²) in [6, 6.07) is 11.3. The van der Waals surface area contributed by atoms with E-state index >= 15 is 0 Å². The number of aliphatic hydroxyl groups is 1. The molecule has 0 aliphatic carbocycles. The molecule has 1 aromatic heterocycles. The maximum absolute atomic E-state index is 13.2. The minimum Gasteiger partial charge on any atom is -0.465 e. The number of thiocarbonyl (C=S) groups is 1. The molecule has 1 saturated heterocycles. The van der Waals surface area contributed by atoms with Crippen LogP contribution < -0.4 is 5.32 Å². The van der Waals surface area contributed by atoms with Gasteiger partial charge in [0.2, 0.25) is 5.78 Å². The number of nitrogens with one attached hydrogen (secondary N) is 1. The third-order valence-corrected chi connectivity index (χ3v) is 4.94. The molecule has 26 heavy (non-hydrogen) atoms. The minimum atomic E-state index is -2.29. The lowest BCUT2D eigenvalue weighted by Gasteiger charge is -2.48. The second-order valence-corrected chi connectivity index (χ2v) is 6.32. The van der Waals surface area contributed by atoms with E-state index in [4.69, 9.17) is 21.4 Å². The lowest BCUT2D eigenvalue weighted by Crippen LogP contribution is -2.70. The van der Waals surface area contributed by atoms with E-state index in [1.54, 1.807) is 30.3 Å². The van der Waals surface area contributed by atoms with E-state index in [-0.39, 0.29) is 10.9 Å². The van der Waals surface area contributed by atoms with Gasteiger partial charge in [-0.05, 0) is 29.9 Å². The highest BCUT2D eigenvalue weighted by atomic mass is 32.1. The lowest BCUT2D eigenvalue weighted by atomic mass is 9.78. The van der Waals surface area contributed by atoms with Crippen LogP contribution in [-0.2, 0) is 9.53 Å². The predicted octanol–water partition coefficient (Wildman–Crippen LogP) is 1.50.